The number of carbonyl (C=O) groups is 1. The second kappa shape index (κ2) is 7.96. The van der Waals surface area contributed by atoms with E-state index in [1.807, 2.05) is 24.0 Å². The van der Waals surface area contributed by atoms with Crippen LogP contribution in [0.3, 0.4) is 0 Å². The van der Waals surface area contributed by atoms with Gasteiger partial charge in [0, 0.05) is 12.6 Å². The standard InChI is InChI=1S/C19H23N3O4S/c1-3-22(15-10-11-27(24,25)13-15)14-8-9-17(20-12-14)19(23)21-16-6-4-5-7-18(16)26-2/h4-9,12,15H,3,10-11,13H2,1-2H3,(H,21,23). The molecule has 0 saturated carbocycles. The molecule has 0 bridgehead atoms. The van der Waals surface area contributed by atoms with Gasteiger partial charge in [-0.05, 0) is 37.6 Å². The molecule has 2 heterocycles. The summed E-state index contributed by atoms with van der Waals surface area (Å²) in [7, 11) is -1.42. The Hall–Kier alpha value is -2.61. The van der Waals surface area contributed by atoms with Crippen LogP contribution in [0.5, 0.6) is 5.75 Å². The molecule has 1 aliphatic heterocycles. The van der Waals surface area contributed by atoms with E-state index >= 15 is 0 Å². The largest absolute Gasteiger partial charge is 0.495 e. The number of anilines is 2. The monoisotopic (exact) mass is 389 g/mol. The first-order chi connectivity index (χ1) is 12.9. The van der Waals surface area contributed by atoms with E-state index in [0.717, 1.165) is 5.69 Å². The molecule has 1 saturated heterocycles. The molecule has 1 aromatic carbocycles. The SMILES string of the molecule is CCN(c1ccc(C(=O)Nc2ccccc2OC)nc1)C1CCS(=O)(=O)C1. The lowest BCUT2D eigenvalue weighted by molar-refractivity contribution is 0.102. The number of nitrogens with zero attached hydrogens (tertiary/aromatic N) is 2. The van der Waals surface area contributed by atoms with E-state index in [-0.39, 0.29) is 29.1 Å². The second-order valence-electron chi connectivity index (χ2n) is 6.40. The number of pyridine rings is 1. The zero-order chi connectivity index (χ0) is 19.4. The first-order valence-electron chi connectivity index (χ1n) is 8.81. The van der Waals surface area contributed by atoms with Gasteiger partial charge in [-0.1, -0.05) is 12.1 Å². The lowest BCUT2D eigenvalue weighted by Crippen LogP contribution is -2.36. The number of rotatable bonds is 6. The average molecular weight is 389 g/mol. The summed E-state index contributed by atoms with van der Waals surface area (Å²) in [4.78, 5) is 18.7. The Balaban J connectivity index is 1.73. The van der Waals surface area contributed by atoms with Crippen LogP contribution in [-0.2, 0) is 9.84 Å². The summed E-state index contributed by atoms with van der Waals surface area (Å²) < 4.78 is 28.7. The summed E-state index contributed by atoms with van der Waals surface area (Å²) in [6.45, 7) is 2.65. The van der Waals surface area contributed by atoms with Gasteiger partial charge in [0.05, 0.1) is 36.2 Å². The summed E-state index contributed by atoms with van der Waals surface area (Å²) in [5, 5.41) is 2.79. The number of sulfone groups is 1. The number of ether oxygens (including phenoxy) is 1. The third-order valence-electron chi connectivity index (χ3n) is 4.66. The van der Waals surface area contributed by atoms with Gasteiger partial charge in [0.1, 0.15) is 11.4 Å². The first kappa shape index (κ1) is 19.2. The van der Waals surface area contributed by atoms with Gasteiger partial charge in [0.15, 0.2) is 9.84 Å². The van der Waals surface area contributed by atoms with Gasteiger partial charge in [-0.3, -0.25) is 4.79 Å². The number of hydrogen-bond donors (Lipinski definition) is 1. The van der Waals surface area contributed by atoms with Gasteiger partial charge in [-0.15, -0.1) is 0 Å². The molecule has 1 aliphatic rings. The zero-order valence-corrected chi connectivity index (χ0v) is 16.2. The van der Waals surface area contributed by atoms with Crippen molar-refractivity contribution in [3.05, 3.63) is 48.3 Å². The van der Waals surface area contributed by atoms with Crippen LogP contribution >= 0.6 is 0 Å². The lowest BCUT2D eigenvalue weighted by Gasteiger charge is -2.28. The molecular formula is C19H23N3O4S. The van der Waals surface area contributed by atoms with Crippen molar-refractivity contribution in [1.29, 1.82) is 0 Å². The Bertz CT molecular complexity index is 913. The van der Waals surface area contributed by atoms with E-state index in [1.165, 1.54) is 0 Å². The molecule has 0 radical (unpaired) electrons. The first-order valence-corrected chi connectivity index (χ1v) is 10.6. The third kappa shape index (κ3) is 4.39. The fourth-order valence-electron chi connectivity index (χ4n) is 3.30. The maximum absolute atomic E-state index is 12.5. The summed E-state index contributed by atoms with van der Waals surface area (Å²) in [6.07, 6.45) is 2.23. The van der Waals surface area contributed by atoms with Crippen LogP contribution in [0.1, 0.15) is 23.8 Å². The summed E-state index contributed by atoms with van der Waals surface area (Å²) in [5.74, 6) is 0.623. The fourth-order valence-corrected chi connectivity index (χ4v) is 5.03. The maximum Gasteiger partial charge on any atom is 0.274 e. The highest BCUT2D eigenvalue weighted by atomic mass is 32.2. The molecule has 0 aliphatic carbocycles. The van der Waals surface area contributed by atoms with Gasteiger partial charge in [-0.25, -0.2) is 13.4 Å². The van der Waals surface area contributed by atoms with Crippen LogP contribution in [0.25, 0.3) is 0 Å². The van der Waals surface area contributed by atoms with Gasteiger partial charge in [0.2, 0.25) is 0 Å². The highest BCUT2D eigenvalue weighted by molar-refractivity contribution is 7.91. The summed E-state index contributed by atoms with van der Waals surface area (Å²) >= 11 is 0. The van der Waals surface area contributed by atoms with Crippen molar-refractivity contribution in [2.75, 3.05) is 35.4 Å². The Labute approximate surface area is 159 Å². The van der Waals surface area contributed by atoms with Crippen molar-refractivity contribution in [2.24, 2.45) is 0 Å². The summed E-state index contributed by atoms with van der Waals surface area (Å²) in [5.41, 5.74) is 1.66. The van der Waals surface area contributed by atoms with Crippen molar-refractivity contribution in [3.8, 4) is 5.75 Å². The number of methoxy groups -OCH3 is 1. The maximum atomic E-state index is 12.5. The Morgan fingerprint density at radius 1 is 1.30 bits per heavy atom. The molecule has 144 valence electrons. The summed E-state index contributed by atoms with van der Waals surface area (Å²) in [6, 6.07) is 10.6. The normalized spacial score (nSPS) is 18.1. The van der Waals surface area contributed by atoms with E-state index in [2.05, 4.69) is 10.3 Å². The van der Waals surface area contributed by atoms with Crippen LogP contribution in [0.15, 0.2) is 42.6 Å². The molecule has 2 aromatic rings. The predicted molar refractivity (Wildman–Crippen MR) is 105 cm³/mol. The smallest absolute Gasteiger partial charge is 0.274 e. The number of carbonyl (C=O) groups excluding carboxylic acids is 1. The van der Waals surface area contributed by atoms with Crippen molar-refractivity contribution in [1.82, 2.24) is 4.98 Å². The minimum absolute atomic E-state index is 0.0462. The Morgan fingerprint density at radius 2 is 2.07 bits per heavy atom. The number of nitrogens with one attached hydrogen (secondary N) is 1. The Morgan fingerprint density at radius 3 is 2.67 bits per heavy atom. The Kier molecular flexibility index (Phi) is 5.65. The molecule has 1 atom stereocenters. The van der Waals surface area contributed by atoms with E-state index in [1.54, 1.807) is 37.6 Å². The van der Waals surface area contributed by atoms with E-state index in [4.69, 9.17) is 4.74 Å². The van der Waals surface area contributed by atoms with E-state index in [0.29, 0.717) is 24.4 Å². The van der Waals surface area contributed by atoms with Gasteiger partial charge >= 0.3 is 0 Å². The van der Waals surface area contributed by atoms with Crippen molar-refractivity contribution in [2.45, 2.75) is 19.4 Å². The molecule has 1 aromatic heterocycles. The molecule has 3 rings (SSSR count). The molecule has 27 heavy (non-hydrogen) atoms. The number of para-hydroxylation sites is 2. The zero-order valence-electron chi connectivity index (χ0n) is 15.4. The molecule has 8 heteroatoms. The van der Waals surface area contributed by atoms with Gasteiger partial charge in [0.25, 0.3) is 5.91 Å². The highest BCUT2D eigenvalue weighted by Gasteiger charge is 2.32. The van der Waals surface area contributed by atoms with Crippen LogP contribution < -0.4 is 15.0 Å². The molecule has 7 nitrogen and oxygen atoms in total. The molecular weight excluding hydrogens is 366 g/mol. The molecule has 1 N–H and O–H groups in total. The number of hydrogen-bond acceptors (Lipinski definition) is 6. The predicted octanol–water partition coefficient (Wildman–Crippen LogP) is 2.36. The average Bonchev–Trinajstić information content (AvgIpc) is 3.03. The third-order valence-corrected chi connectivity index (χ3v) is 6.41. The molecule has 0 spiro atoms. The van der Waals surface area contributed by atoms with Crippen molar-refractivity contribution >= 4 is 27.1 Å². The second-order valence-corrected chi connectivity index (χ2v) is 8.63. The molecule has 1 fully saturated rings. The fraction of sp³-hybridized carbons (Fsp3) is 0.368. The van der Waals surface area contributed by atoms with Crippen LogP contribution in [0, 0.1) is 0 Å². The number of benzene rings is 1. The topological polar surface area (TPSA) is 88.6 Å². The van der Waals surface area contributed by atoms with E-state index < -0.39 is 9.84 Å². The van der Waals surface area contributed by atoms with E-state index in [9.17, 15) is 13.2 Å². The highest BCUT2D eigenvalue weighted by Crippen LogP contribution is 2.25. The molecule has 1 unspecified atom stereocenters. The number of aromatic nitrogens is 1. The number of amides is 1. The van der Waals surface area contributed by atoms with Crippen LogP contribution in [0.2, 0.25) is 0 Å². The van der Waals surface area contributed by atoms with Gasteiger partial charge < -0.3 is 15.0 Å². The van der Waals surface area contributed by atoms with Crippen LogP contribution in [0.4, 0.5) is 11.4 Å². The van der Waals surface area contributed by atoms with Crippen molar-refractivity contribution < 1.29 is 17.9 Å². The quantitative estimate of drug-likeness (QED) is 0.816. The molecule has 1 amide bonds. The lowest BCUT2D eigenvalue weighted by atomic mass is 10.2. The van der Waals surface area contributed by atoms with Gasteiger partial charge in [-0.2, -0.15) is 0 Å². The van der Waals surface area contributed by atoms with Crippen molar-refractivity contribution in [3.63, 3.8) is 0 Å². The minimum Gasteiger partial charge on any atom is -0.495 e. The minimum atomic E-state index is -2.96. The van der Waals surface area contributed by atoms with Crippen LogP contribution in [-0.4, -0.2) is 50.5 Å².